The van der Waals surface area contributed by atoms with E-state index in [0.29, 0.717) is 12.0 Å². The number of benzene rings is 1. The molecule has 1 aromatic carbocycles. The van der Waals surface area contributed by atoms with Crippen LogP contribution < -0.4 is 0 Å². The summed E-state index contributed by atoms with van der Waals surface area (Å²) in [6, 6.07) is 5.77. The molecule has 0 heterocycles. The van der Waals surface area contributed by atoms with Crippen molar-refractivity contribution in [2.75, 3.05) is 6.61 Å². The van der Waals surface area contributed by atoms with Crippen LogP contribution in [-0.4, -0.2) is 28.9 Å². The molecule has 0 aliphatic rings. The van der Waals surface area contributed by atoms with Gasteiger partial charge in [0.25, 0.3) is 0 Å². The van der Waals surface area contributed by atoms with E-state index in [9.17, 15) is 4.79 Å². The maximum atomic E-state index is 11.5. The van der Waals surface area contributed by atoms with Crippen molar-refractivity contribution in [1.29, 1.82) is 0 Å². The number of carbonyl (C=O) groups excluding carboxylic acids is 1. The summed E-state index contributed by atoms with van der Waals surface area (Å²) in [5, 5.41) is 17.9. The Morgan fingerprint density at radius 2 is 2.00 bits per heavy atom. The van der Waals surface area contributed by atoms with Crippen LogP contribution in [0.5, 0.6) is 5.75 Å². The highest BCUT2D eigenvalue weighted by Gasteiger charge is 2.13. The summed E-state index contributed by atoms with van der Waals surface area (Å²) in [4.78, 5) is 11.5. The van der Waals surface area contributed by atoms with Crippen molar-refractivity contribution in [2.45, 2.75) is 19.4 Å². The second kappa shape index (κ2) is 5.36. The Labute approximate surface area is 88.1 Å². The van der Waals surface area contributed by atoms with Gasteiger partial charge in [0.2, 0.25) is 0 Å². The first-order chi connectivity index (χ1) is 7.17. The van der Waals surface area contributed by atoms with E-state index in [-0.39, 0.29) is 12.4 Å². The molecule has 1 aromatic rings. The standard InChI is InChI=1S/C11H14O4/c1-2-10(7-12)15-11(14)8-3-5-9(13)6-4-8/h3-6,10,12-13H,2,7H2,1H3. The number of phenolic OH excluding ortho intramolecular Hbond substituents is 1. The number of ether oxygens (including phenoxy) is 1. The molecule has 4 heteroatoms. The molecular formula is C11H14O4. The van der Waals surface area contributed by atoms with E-state index < -0.39 is 12.1 Å². The number of hydrogen-bond donors (Lipinski definition) is 2. The van der Waals surface area contributed by atoms with Gasteiger partial charge in [-0.05, 0) is 30.7 Å². The summed E-state index contributed by atoms with van der Waals surface area (Å²) in [5.74, 6) is -0.392. The first-order valence-corrected chi connectivity index (χ1v) is 4.78. The second-order valence-electron chi connectivity index (χ2n) is 3.17. The van der Waals surface area contributed by atoms with Gasteiger partial charge in [0, 0.05) is 0 Å². The first kappa shape index (κ1) is 11.5. The fourth-order valence-electron chi connectivity index (χ4n) is 1.07. The molecular weight excluding hydrogens is 196 g/mol. The molecule has 0 amide bonds. The van der Waals surface area contributed by atoms with Gasteiger partial charge in [0.1, 0.15) is 11.9 Å². The van der Waals surface area contributed by atoms with Crippen LogP contribution in [0, 0.1) is 0 Å². The van der Waals surface area contributed by atoms with Crippen molar-refractivity contribution in [3.8, 4) is 5.75 Å². The molecule has 1 atom stereocenters. The molecule has 0 bridgehead atoms. The Balaban J connectivity index is 2.64. The van der Waals surface area contributed by atoms with Crippen molar-refractivity contribution >= 4 is 5.97 Å². The minimum atomic E-state index is -0.490. The highest BCUT2D eigenvalue weighted by atomic mass is 16.6. The van der Waals surface area contributed by atoms with E-state index in [0.717, 1.165) is 0 Å². The van der Waals surface area contributed by atoms with Gasteiger partial charge in [-0.2, -0.15) is 0 Å². The molecule has 2 N–H and O–H groups in total. The molecule has 0 radical (unpaired) electrons. The Bertz CT molecular complexity index is 314. The minimum absolute atomic E-state index is 0.0979. The van der Waals surface area contributed by atoms with Crippen molar-refractivity contribution in [3.05, 3.63) is 29.8 Å². The first-order valence-electron chi connectivity index (χ1n) is 4.78. The van der Waals surface area contributed by atoms with Gasteiger partial charge < -0.3 is 14.9 Å². The van der Waals surface area contributed by atoms with Crippen LogP contribution in [0.25, 0.3) is 0 Å². The summed E-state index contributed by atoms with van der Waals surface area (Å²) >= 11 is 0. The van der Waals surface area contributed by atoms with E-state index >= 15 is 0 Å². The predicted octanol–water partition coefficient (Wildman–Crippen LogP) is 1.32. The number of carbonyl (C=O) groups is 1. The van der Waals surface area contributed by atoms with Gasteiger partial charge in [-0.15, -0.1) is 0 Å². The zero-order valence-corrected chi connectivity index (χ0v) is 8.51. The Kier molecular flexibility index (Phi) is 4.12. The normalized spacial score (nSPS) is 12.1. The molecule has 15 heavy (non-hydrogen) atoms. The quantitative estimate of drug-likeness (QED) is 0.735. The number of esters is 1. The summed E-state index contributed by atoms with van der Waals surface area (Å²) in [5.41, 5.74) is 0.361. The van der Waals surface area contributed by atoms with Crippen LogP contribution in [0.4, 0.5) is 0 Å². The molecule has 0 saturated heterocycles. The molecule has 0 aromatic heterocycles. The SMILES string of the molecule is CCC(CO)OC(=O)c1ccc(O)cc1. The van der Waals surface area contributed by atoms with Crippen molar-refractivity contribution in [2.24, 2.45) is 0 Å². The number of aromatic hydroxyl groups is 1. The van der Waals surface area contributed by atoms with Gasteiger partial charge >= 0.3 is 5.97 Å². The van der Waals surface area contributed by atoms with Crippen LogP contribution in [0.2, 0.25) is 0 Å². The van der Waals surface area contributed by atoms with Crippen molar-refractivity contribution < 1.29 is 19.7 Å². The molecule has 0 fully saturated rings. The summed E-state index contributed by atoms with van der Waals surface area (Å²) in [6.07, 6.45) is 0.103. The van der Waals surface area contributed by atoms with E-state index in [4.69, 9.17) is 14.9 Å². The molecule has 0 aliphatic heterocycles. The lowest BCUT2D eigenvalue weighted by molar-refractivity contribution is 0.0130. The Hall–Kier alpha value is -1.55. The molecule has 0 spiro atoms. The summed E-state index contributed by atoms with van der Waals surface area (Å²) < 4.78 is 5.00. The zero-order valence-electron chi connectivity index (χ0n) is 8.51. The third-order valence-corrected chi connectivity index (χ3v) is 2.04. The molecule has 4 nitrogen and oxygen atoms in total. The highest BCUT2D eigenvalue weighted by molar-refractivity contribution is 5.89. The molecule has 1 rings (SSSR count). The second-order valence-corrected chi connectivity index (χ2v) is 3.17. The number of rotatable bonds is 4. The number of aliphatic hydroxyl groups excluding tert-OH is 1. The maximum absolute atomic E-state index is 11.5. The van der Waals surface area contributed by atoms with E-state index in [1.165, 1.54) is 24.3 Å². The molecule has 0 aliphatic carbocycles. The lowest BCUT2D eigenvalue weighted by Crippen LogP contribution is -2.21. The van der Waals surface area contributed by atoms with E-state index in [1.807, 2.05) is 6.92 Å². The third-order valence-electron chi connectivity index (χ3n) is 2.04. The van der Waals surface area contributed by atoms with Gasteiger partial charge in [-0.25, -0.2) is 4.79 Å². The monoisotopic (exact) mass is 210 g/mol. The third kappa shape index (κ3) is 3.25. The number of phenols is 1. The fourth-order valence-corrected chi connectivity index (χ4v) is 1.07. The fraction of sp³-hybridized carbons (Fsp3) is 0.364. The van der Waals surface area contributed by atoms with E-state index in [2.05, 4.69) is 0 Å². The molecule has 82 valence electrons. The zero-order chi connectivity index (χ0) is 11.3. The van der Waals surface area contributed by atoms with E-state index in [1.54, 1.807) is 0 Å². The average Bonchev–Trinajstić information content (AvgIpc) is 2.26. The minimum Gasteiger partial charge on any atom is -0.508 e. The molecule has 0 saturated carbocycles. The van der Waals surface area contributed by atoms with Gasteiger partial charge in [-0.1, -0.05) is 6.92 Å². The van der Waals surface area contributed by atoms with Gasteiger partial charge in [0.15, 0.2) is 0 Å². The lowest BCUT2D eigenvalue weighted by atomic mass is 10.2. The average molecular weight is 210 g/mol. The predicted molar refractivity (Wildman–Crippen MR) is 54.7 cm³/mol. The number of aliphatic hydroxyl groups is 1. The lowest BCUT2D eigenvalue weighted by Gasteiger charge is -2.12. The smallest absolute Gasteiger partial charge is 0.338 e. The van der Waals surface area contributed by atoms with Crippen molar-refractivity contribution in [3.63, 3.8) is 0 Å². The van der Waals surface area contributed by atoms with Gasteiger partial charge in [-0.3, -0.25) is 0 Å². The van der Waals surface area contributed by atoms with Crippen LogP contribution in [0.3, 0.4) is 0 Å². The Morgan fingerprint density at radius 1 is 1.40 bits per heavy atom. The van der Waals surface area contributed by atoms with Crippen LogP contribution >= 0.6 is 0 Å². The van der Waals surface area contributed by atoms with Crippen LogP contribution in [0.15, 0.2) is 24.3 Å². The summed E-state index contributed by atoms with van der Waals surface area (Å²) in [7, 11) is 0. The largest absolute Gasteiger partial charge is 0.508 e. The summed E-state index contributed by atoms with van der Waals surface area (Å²) in [6.45, 7) is 1.64. The molecule has 1 unspecified atom stereocenters. The van der Waals surface area contributed by atoms with Gasteiger partial charge in [0.05, 0.1) is 12.2 Å². The van der Waals surface area contributed by atoms with Crippen molar-refractivity contribution in [1.82, 2.24) is 0 Å². The maximum Gasteiger partial charge on any atom is 0.338 e. The van der Waals surface area contributed by atoms with Crippen LogP contribution in [-0.2, 0) is 4.74 Å². The number of hydrogen-bond acceptors (Lipinski definition) is 4. The van der Waals surface area contributed by atoms with Crippen LogP contribution in [0.1, 0.15) is 23.7 Å². The Morgan fingerprint density at radius 3 is 2.47 bits per heavy atom. The topological polar surface area (TPSA) is 66.8 Å². The highest BCUT2D eigenvalue weighted by Crippen LogP contribution is 2.11.